The molecular formula is C17H27N3O2. The van der Waals surface area contributed by atoms with Crippen molar-refractivity contribution in [1.82, 2.24) is 10.2 Å². The Kier molecular flexibility index (Phi) is 6.21. The predicted octanol–water partition coefficient (Wildman–Crippen LogP) is 1.37. The molecule has 1 saturated heterocycles. The highest BCUT2D eigenvalue weighted by Crippen LogP contribution is 2.19. The molecule has 5 heteroatoms. The highest BCUT2D eigenvalue weighted by atomic mass is 16.5. The molecule has 5 nitrogen and oxygen atoms in total. The molecule has 1 aliphatic heterocycles. The summed E-state index contributed by atoms with van der Waals surface area (Å²) in [6, 6.07) is 7.83. The summed E-state index contributed by atoms with van der Waals surface area (Å²) in [6.07, 6.45) is 2.24. The highest BCUT2D eigenvalue weighted by Gasteiger charge is 2.20. The van der Waals surface area contributed by atoms with Crippen LogP contribution >= 0.6 is 0 Å². The molecule has 2 rings (SSSR count). The molecule has 1 atom stereocenters. The number of amides is 1. The molecule has 0 aromatic heterocycles. The molecule has 1 unspecified atom stereocenters. The fourth-order valence-electron chi connectivity index (χ4n) is 2.74. The number of carbonyl (C=O) groups excluding carboxylic acids is 1. The zero-order valence-electron chi connectivity index (χ0n) is 13.5. The average Bonchev–Trinajstić information content (AvgIpc) is 2.54. The summed E-state index contributed by atoms with van der Waals surface area (Å²) < 4.78 is 5.18. The van der Waals surface area contributed by atoms with Crippen molar-refractivity contribution in [1.29, 1.82) is 0 Å². The fraction of sp³-hybridized carbons (Fsp3) is 0.588. The zero-order chi connectivity index (χ0) is 15.9. The quantitative estimate of drug-likeness (QED) is 0.833. The number of piperidine rings is 1. The SMILES string of the molecule is COc1ccc(CN2CCC(CNC(=O)C(C)N)CC2)cc1. The van der Waals surface area contributed by atoms with E-state index in [1.54, 1.807) is 14.0 Å². The van der Waals surface area contributed by atoms with E-state index in [4.69, 9.17) is 10.5 Å². The Morgan fingerprint density at radius 1 is 1.36 bits per heavy atom. The first-order valence-corrected chi connectivity index (χ1v) is 7.97. The van der Waals surface area contributed by atoms with Crippen molar-refractivity contribution in [3.8, 4) is 5.75 Å². The minimum absolute atomic E-state index is 0.0549. The lowest BCUT2D eigenvalue weighted by molar-refractivity contribution is -0.122. The molecule has 0 spiro atoms. The third-order valence-electron chi connectivity index (χ3n) is 4.25. The summed E-state index contributed by atoms with van der Waals surface area (Å²) in [5.74, 6) is 1.41. The van der Waals surface area contributed by atoms with Gasteiger partial charge in [0.15, 0.2) is 0 Å². The number of hydrogen-bond acceptors (Lipinski definition) is 4. The number of nitrogens with zero attached hydrogens (tertiary/aromatic N) is 1. The van der Waals surface area contributed by atoms with Crippen LogP contribution in [-0.4, -0.2) is 43.6 Å². The molecule has 0 saturated carbocycles. The summed E-state index contributed by atoms with van der Waals surface area (Å²) in [4.78, 5) is 14.0. The molecule has 0 radical (unpaired) electrons. The Bertz CT molecular complexity index is 465. The Morgan fingerprint density at radius 2 is 2.00 bits per heavy atom. The second kappa shape index (κ2) is 8.15. The molecule has 1 fully saturated rings. The van der Waals surface area contributed by atoms with Crippen LogP contribution in [0.1, 0.15) is 25.3 Å². The van der Waals surface area contributed by atoms with Crippen LogP contribution in [0, 0.1) is 5.92 Å². The summed E-state index contributed by atoms with van der Waals surface area (Å²) in [7, 11) is 1.68. The van der Waals surface area contributed by atoms with Gasteiger partial charge in [0.1, 0.15) is 5.75 Å². The molecule has 1 aliphatic rings. The largest absolute Gasteiger partial charge is 0.497 e. The lowest BCUT2D eigenvalue weighted by Crippen LogP contribution is -2.43. The summed E-state index contributed by atoms with van der Waals surface area (Å²) in [5.41, 5.74) is 6.86. The van der Waals surface area contributed by atoms with Gasteiger partial charge in [0, 0.05) is 13.1 Å². The van der Waals surface area contributed by atoms with Gasteiger partial charge in [-0.2, -0.15) is 0 Å². The van der Waals surface area contributed by atoms with Crippen LogP contribution in [0.15, 0.2) is 24.3 Å². The van der Waals surface area contributed by atoms with E-state index < -0.39 is 6.04 Å². The number of nitrogens with one attached hydrogen (secondary N) is 1. The van der Waals surface area contributed by atoms with Gasteiger partial charge in [-0.05, 0) is 56.5 Å². The van der Waals surface area contributed by atoms with Crippen molar-refractivity contribution < 1.29 is 9.53 Å². The minimum atomic E-state index is -0.421. The van der Waals surface area contributed by atoms with E-state index in [2.05, 4.69) is 22.3 Å². The van der Waals surface area contributed by atoms with Crippen LogP contribution in [0.3, 0.4) is 0 Å². The van der Waals surface area contributed by atoms with Crippen LogP contribution in [0.5, 0.6) is 5.75 Å². The van der Waals surface area contributed by atoms with Gasteiger partial charge < -0.3 is 15.8 Å². The molecule has 0 aliphatic carbocycles. The van der Waals surface area contributed by atoms with Gasteiger partial charge in [0.05, 0.1) is 13.2 Å². The normalized spacial score (nSPS) is 18.0. The Morgan fingerprint density at radius 3 is 2.55 bits per heavy atom. The van der Waals surface area contributed by atoms with E-state index in [0.717, 1.165) is 44.8 Å². The molecule has 0 bridgehead atoms. The summed E-state index contributed by atoms with van der Waals surface area (Å²) in [6.45, 7) is 5.59. The van der Waals surface area contributed by atoms with Gasteiger partial charge in [0.25, 0.3) is 0 Å². The van der Waals surface area contributed by atoms with Crippen LogP contribution in [0.2, 0.25) is 0 Å². The van der Waals surface area contributed by atoms with E-state index >= 15 is 0 Å². The molecule has 1 aromatic rings. The number of rotatable bonds is 6. The minimum Gasteiger partial charge on any atom is -0.497 e. The zero-order valence-corrected chi connectivity index (χ0v) is 13.5. The van der Waals surface area contributed by atoms with Gasteiger partial charge in [-0.3, -0.25) is 9.69 Å². The van der Waals surface area contributed by atoms with E-state index in [0.29, 0.717) is 5.92 Å². The third-order valence-corrected chi connectivity index (χ3v) is 4.25. The first-order chi connectivity index (χ1) is 10.6. The van der Waals surface area contributed by atoms with Crippen molar-refractivity contribution in [3.63, 3.8) is 0 Å². The van der Waals surface area contributed by atoms with Crippen LogP contribution in [0.25, 0.3) is 0 Å². The maximum Gasteiger partial charge on any atom is 0.236 e. The maximum atomic E-state index is 11.5. The standard InChI is InChI=1S/C17H27N3O2/c1-13(18)17(21)19-11-14-7-9-20(10-8-14)12-15-3-5-16(22-2)6-4-15/h3-6,13-14H,7-12,18H2,1-2H3,(H,19,21). The highest BCUT2D eigenvalue weighted by molar-refractivity contribution is 5.80. The number of carbonyl (C=O) groups is 1. The van der Waals surface area contributed by atoms with E-state index in [9.17, 15) is 4.79 Å². The van der Waals surface area contributed by atoms with E-state index in [-0.39, 0.29) is 5.91 Å². The van der Waals surface area contributed by atoms with Crippen molar-refractivity contribution in [2.45, 2.75) is 32.4 Å². The Balaban J connectivity index is 1.71. The third kappa shape index (κ3) is 5.00. The van der Waals surface area contributed by atoms with Crippen molar-refractivity contribution >= 4 is 5.91 Å². The molecular weight excluding hydrogens is 278 g/mol. The lowest BCUT2D eigenvalue weighted by Gasteiger charge is -2.32. The number of ether oxygens (including phenoxy) is 1. The molecule has 122 valence electrons. The van der Waals surface area contributed by atoms with E-state index in [1.165, 1.54) is 5.56 Å². The molecule has 1 heterocycles. The van der Waals surface area contributed by atoms with Crippen molar-refractivity contribution in [3.05, 3.63) is 29.8 Å². The van der Waals surface area contributed by atoms with Gasteiger partial charge in [0.2, 0.25) is 5.91 Å². The molecule has 3 N–H and O–H groups in total. The van der Waals surface area contributed by atoms with Gasteiger partial charge in [-0.1, -0.05) is 12.1 Å². The number of methoxy groups -OCH3 is 1. The number of hydrogen-bond donors (Lipinski definition) is 2. The van der Waals surface area contributed by atoms with Gasteiger partial charge in [-0.25, -0.2) is 0 Å². The number of likely N-dealkylation sites (tertiary alicyclic amines) is 1. The fourth-order valence-corrected chi connectivity index (χ4v) is 2.74. The summed E-state index contributed by atoms with van der Waals surface area (Å²) in [5, 5.41) is 2.93. The topological polar surface area (TPSA) is 67.6 Å². The van der Waals surface area contributed by atoms with Crippen LogP contribution in [-0.2, 0) is 11.3 Å². The predicted molar refractivity (Wildman–Crippen MR) is 87.7 cm³/mol. The monoisotopic (exact) mass is 305 g/mol. The molecule has 1 aromatic carbocycles. The Labute approximate surface area is 132 Å². The van der Waals surface area contributed by atoms with Gasteiger partial charge >= 0.3 is 0 Å². The van der Waals surface area contributed by atoms with Crippen LogP contribution < -0.4 is 15.8 Å². The number of benzene rings is 1. The average molecular weight is 305 g/mol. The second-order valence-corrected chi connectivity index (χ2v) is 6.10. The molecule has 22 heavy (non-hydrogen) atoms. The van der Waals surface area contributed by atoms with Crippen LogP contribution in [0.4, 0.5) is 0 Å². The number of nitrogens with two attached hydrogens (primary N) is 1. The Hall–Kier alpha value is -1.59. The lowest BCUT2D eigenvalue weighted by atomic mass is 9.96. The molecule has 1 amide bonds. The van der Waals surface area contributed by atoms with Crippen molar-refractivity contribution in [2.24, 2.45) is 11.7 Å². The second-order valence-electron chi connectivity index (χ2n) is 6.10. The van der Waals surface area contributed by atoms with Crippen molar-refractivity contribution in [2.75, 3.05) is 26.7 Å². The van der Waals surface area contributed by atoms with Gasteiger partial charge in [-0.15, -0.1) is 0 Å². The summed E-state index contributed by atoms with van der Waals surface area (Å²) >= 11 is 0. The first kappa shape index (κ1) is 16.8. The maximum absolute atomic E-state index is 11.5. The smallest absolute Gasteiger partial charge is 0.236 e. The van der Waals surface area contributed by atoms with E-state index in [1.807, 2.05) is 12.1 Å². The first-order valence-electron chi connectivity index (χ1n) is 7.97.